The summed E-state index contributed by atoms with van der Waals surface area (Å²) in [7, 11) is 0. The van der Waals surface area contributed by atoms with Crippen molar-refractivity contribution in [1.82, 2.24) is 4.98 Å². The highest BCUT2D eigenvalue weighted by atomic mass is 35.5. The van der Waals surface area contributed by atoms with Gasteiger partial charge in [0.25, 0.3) is 0 Å². The molecule has 0 atom stereocenters. The summed E-state index contributed by atoms with van der Waals surface area (Å²) in [5.41, 5.74) is 2.08. The minimum atomic E-state index is 0.737. The molecule has 0 aliphatic carbocycles. The van der Waals surface area contributed by atoms with Crippen LogP contribution in [-0.4, -0.2) is 4.98 Å². The van der Waals surface area contributed by atoms with Crippen molar-refractivity contribution < 1.29 is 0 Å². The highest BCUT2D eigenvalue weighted by Gasteiger charge is 2.14. The van der Waals surface area contributed by atoms with Crippen molar-refractivity contribution in [2.45, 2.75) is 19.6 Å². The molecule has 1 aromatic heterocycles. The van der Waals surface area contributed by atoms with E-state index in [9.17, 15) is 0 Å². The van der Waals surface area contributed by atoms with Crippen molar-refractivity contribution in [2.24, 2.45) is 0 Å². The van der Waals surface area contributed by atoms with Gasteiger partial charge in [-0.15, -0.1) is 0 Å². The first-order valence-corrected chi connectivity index (χ1v) is 11.0. The van der Waals surface area contributed by atoms with Gasteiger partial charge in [0.05, 0.1) is 5.69 Å². The number of rotatable bonds is 5. The standard InChI is InChI=1S/C23H15Cl2NS2/c24-16-7-11-18(12-8-16)27-21-5-3-6-22(23(21)20-4-1-2-15-26-20)28-19-13-9-17(25)10-14-19/h1-15H. The summed E-state index contributed by atoms with van der Waals surface area (Å²) in [6, 6.07) is 28.2. The maximum Gasteiger partial charge on any atom is 0.0724 e. The van der Waals surface area contributed by atoms with Crippen LogP contribution in [0.1, 0.15) is 0 Å². The first-order chi connectivity index (χ1) is 13.7. The first kappa shape index (κ1) is 19.4. The van der Waals surface area contributed by atoms with Crippen molar-refractivity contribution in [2.75, 3.05) is 0 Å². The summed E-state index contributed by atoms with van der Waals surface area (Å²) in [5, 5.41) is 1.47. The van der Waals surface area contributed by atoms with Crippen LogP contribution in [0.4, 0.5) is 0 Å². The van der Waals surface area contributed by atoms with Crippen molar-refractivity contribution in [3.63, 3.8) is 0 Å². The number of hydrogen-bond acceptors (Lipinski definition) is 3. The molecule has 4 aromatic rings. The summed E-state index contributed by atoms with van der Waals surface area (Å²) >= 11 is 15.5. The van der Waals surface area contributed by atoms with Crippen LogP contribution < -0.4 is 0 Å². The number of benzene rings is 3. The summed E-state index contributed by atoms with van der Waals surface area (Å²) < 4.78 is 0. The molecule has 0 amide bonds. The van der Waals surface area contributed by atoms with Gasteiger partial charge in [-0.1, -0.05) is 58.9 Å². The lowest BCUT2D eigenvalue weighted by atomic mass is 10.1. The summed E-state index contributed by atoms with van der Waals surface area (Å²) in [6.07, 6.45) is 1.83. The van der Waals surface area contributed by atoms with Crippen molar-refractivity contribution in [3.05, 3.63) is 101 Å². The molecule has 0 bridgehead atoms. The van der Waals surface area contributed by atoms with Gasteiger partial charge < -0.3 is 0 Å². The van der Waals surface area contributed by atoms with E-state index in [2.05, 4.69) is 23.2 Å². The van der Waals surface area contributed by atoms with Gasteiger partial charge in [0.1, 0.15) is 0 Å². The third-order valence-corrected chi connectivity index (χ3v) is 6.63. The molecule has 1 nitrogen and oxygen atoms in total. The van der Waals surface area contributed by atoms with Crippen LogP contribution in [0.2, 0.25) is 10.0 Å². The van der Waals surface area contributed by atoms with Crippen LogP contribution in [0.15, 0.2) is 111 Å². The Morgan fingerprint density at radius 1 is 0.571 bits per heavy atom. The maximum atomic E-state index is 6.04. The van der Waals surface area contributed by atoms with Crippen molar-refractivity contribution in [3.8, 4) is 11.3 Å². The van der Waals surface area contributed by atoms with Gasteiger partial charge in [-0.2, -0.15) is 0 Å². The summed E-state index contributed by atoms with van der Waals surface area (Å²) in [6.45, 7) is 0. The van der Waals surface area contributed by atoms with E-state index >= 15 is 0 Å². The lowest BCUT2D eigenvalue weighted by molar-refractivity contribution is 1.24. The van der Waals surface area contributed by atoms with Gasteiger partial charge in [0.15, 0.2) is 0 Å². The minimum absolute atomic E-state index is 0.737. The molecule has 28 heavy (non-hydrogen) atoms. The van der Waals surface area contributed by atoms with Crippen molar-refractivity contribution >= 4 is 46.7 Å². The van der Waals surface area contributed by atoms with E-state index in [1.807, 2.05) is 72.9 Å². The smallest absolute Gasteiger partial charge is 0.0724 e. The van der Waals surface area contributed by atoms with E-state index in [0.717, 1.165) is 40.9 Å². The normalized spacial score (nSPS) is 10.8. The van der Waals surface area contributed by atoms with Gasteiger partial charge in [-0.05, 0) is 72.8 Å². The molecular formula is C23H15Cl2NS2. The number of halogens is 2. The summed E-state index contributed by atoms with van der Waals surface area (Å²) in [5.74, 6) is 0. The summed E-state index contributed by atoms with van der Waals surface area (Å²) in [4.78, 5) is 9.19. The Bertz CT molecular complexity index is 1000. The van der Waals surface area contributed by atoms with Gasteiger partial charge >= 0.3 is 0 Å². The molecule has 138 valence electrons. The third-order valence-electron chi connectivity index (χ3n) is 3.99. The second kappa shape index (κ2) is 9.06. The zero-order valence-corrected chi connectivity index (χ0v) is 17.8. The average Bonchev–Trinajstić information content (AvgIpc) is 2.72. The fourth-order valence-corrected chi connectivity index (χ4v) is 5.00. The largest absolute Gasteiger partial charge is 0.256 e. The number of hydrogen-bond donors (Lipinski definition) is 0. The molecule has 0 saturated heterocycles. The monoisotopic (exact) mass is 439 g/mol. The maximum absolute atomic E-state index is 6.04. The van der Waals surface area contributed by atoms with Crippen LogP contribution in [0.25, 0.3) is 11.3 Å². The molecule has 0 radical (unpaired) electrons. The highest BCUT2D eigenvalue weighted by molar-refractivity contribution is 8.00. The Morgan fingerprint density at radius 2 is 1.11 bits per heavy atom. The molecule has 0 saturated carbocycles. The number of pyridine rings is 1. The van der Waals surface area contributed by atoms with Crippen LogP contribution in [-0.2, 0) is 0 Å². The van der Waals surface area contributed by atoms with Crippen molar-refractivity contribution in [1.29, 1.82) is 0 Å². The Labute approximate surface area is 183 Å². The zero-order chi connectivity index (χ0) is 19.3. The Hall–Kier alpha value is -1.91. The quantitative estimate of drug-likeness (QED) is 0.309. The lowest BCUT2D eigenvalue weighted by Crippen LogP contribution is -1.90. The molecule has 0 spiro atoms. The molecule has 0 unspecified atom stereocenters. The van der Waals surface area contributed by atoms with E-state index in [4.69, 9.17) is 23.2 Å². The Balaban J connectivity index is 1.77. The molecule has 5 heteroatoms. The van der Waals surface area contributed by atoms with Gasteiger partial charge in [0, 0.05) is 41.4 Å². The molecule has 0 fully saturated rings. The molecular weight excluding hydrogens is 425 g/mol. The predicted molar refractivity (Wildman–Crippen MR) is 121 cm³/mol. The molecule has 0 N–H and O–H groups in total. The fourth-order valence-electron chi connectivity index (χ4n) is 2.70. The van der Waals surface area contributed by atoms with E-state index in [1.54, 1.807) is 23.5 Å². The molecule has 1 heterocycles. The van der Waals surface area contributed by atoms with Gasteiger partial charge in [0.2, 0.25) is 0 Å². The minimum Gasteiger partial charge on any atom is -0.256 e. The predicted octanol–water partition coefficient (Wildman–Crippen LogP) is 8.36. The van der Waals surface area contributed by atoms with E-state index in [1.165, 1.54) is 0 Å². The van der Waals surface area contributed by atoms with Crippen LogP contribution in [0.3, 0.4) is 0 Å². The SMILES string of the molecule is Clc1ccc(Sc2cccc(Sc3ccc(Cl)cc3)c2-c2ccccn2)cc1. The third kappa shape index (κ3) is 4.73. The van der Waals surface area contributed by atoms with Crippen LogP contribution in [0.5, 0.6) is 0 Å². The topological polar surface area (TPSA) is 12.9 Å². The zero-order valence-electron chi connectivity index (χ0n) is 14.7. The first-order valence-electron chi connectivity index (χ1n) is 8.60. The van der Waals surface area contributed by atoms with E-state index in [0.29, 0.717) is 0 Å². The fraction of sp³-hybridized carbons (Fsp3) is 0. The second-order valence-electron chi connectivity index (χ2n) is 5.96. The second-order valence-corrected chi connectivity index (χ2v) is 9.06. The molecule has 0 aliphatic heterocycles. The Morgan fingerprint density at radius 3 is 1.57 bits per heavy atom. The van der Waals surface area contributed by atoms with Crippen LogP contribution in [0, 0.1) is 0 Å². The molecule has 4 rings (SSSR count). The number of aromatic nitrogens is 1. The highest BCUT2D eigenvalue weighted by Crippen LogP contribution is 2.43. The van der Waals surface area contributed by atoms with E-state index < -0.39 is 0 Å². The Kier molecular flexibility index (Phi) is 6.28. The average molecular weight is 440 g/mol. The lowest BCUT2D eigenvalue weighted by Gasteiger charge is -2.14. The molecule has 0 aliphatic rings. The van der Waals surface area contributed by atoms with E-state index in [-0.39, 0.29) is 0 Å². The molecule has 3 aromatic carbocycles. The van der Waals surface area contributed by atoms with Crippen LogP contribution >= 0.6 is 46.7 Å². The van der Waals surface area contributed by atoms with Gasteiger partial charge in [-0.25, -0.2) is 0 Å². The number of nitrogens with zero attached hydrogens (tertiary/aromatic N) is 1. The van der Waals surface area contributed by atoms with Gasteiger partial charge in [-0.3, -0.25) is 4.98 Å².